The van der Waals surface area contributed by atoms with Crippen molar-refractivity contribution < 1.29 is 9.90 Å². The number of rotatable bonds is 6. The Morgan fingerprint density at radius 2 is 2.11 bits per heavy atom. The summed E-state index contributed by atoms with van der Waals surface area (Å²) >= 11 is 1.57. The van der Waals surface area contributed by atoms with Crippen molar-refractivity contribution in [2.45, 2.75) is 52.6 Å². The molecule has 1 rings (SSSR count). The molecule has 18 heavy (non-hydrogen) atoms. The van der Waals surface area contributed by atoms with Gasteiger partial charge in [-0.15, -0.1) is 11.3 Å². The van der Waals surface area contributed by atoms with Gasteiger partial charge < -0.3 is 10.4 Å². The van der Waals surface area contributed by atoms with E-state index >= 15 is 0 Å². The van der Waals surface area contributed by atoms with Gasteiger partial charge in [0.15, 0.2) is 0 Å². The van der Waals surface area contributed by atoms with Crippen LogP contribution in [0.2, 0.25) is 0 Å². The highest BCUT2D eigenvalue weighted by atomic mass is 32.1. The van der Waals surface area contributed by atoms with E-state index in [1.807, 2.05) is 6.07 Å². The lowest BCUT2D eigenvalue weighted by molar-refractivity contribution is 0.0696. The highest BCUT2D eigenvalue weighted by molar-refractivity contribution is 7.14. The molecule has 102 valence electrons. The summed E-state index contributed by atoms with van der Waals surface area (Å²) in [5.41, 5.74) is 0.405. The Kier molecular flexibility index (Phi) is 5.35. The average molecular weight is 269 g/mol. The van der Waals surface area contributed by atoms with Crippen molar-refractivity contribution in [2.75, 3.05) is 6.54 Å². The first-order valence-electron chi connectivity index (χ1n) is 6.49. The molecule has 3 nitrogen and oxygen atoms in total. The van der Waals surface area contributed by atoms with Crippen molar-refractivity contribution in [2.24, 2.45) is 0 Å². The van der Waals surface area contributed by atoms with Crippen molar-refractivity contribution in [3.63, 3.8) is 0 Å². The minimum Gasteiger partial charge on any atom is -0.389 e. The molecule has 0 spiro atoms. The Morgan fingerprint density at radius 3 is 2.61 bits per heavy atom. The maximum Gasteiger partial charge on any atom is 0.261 e. The SMILES string of the molecule is CCCc1sc(C(=O)NCC(C)(C)O)cc1CC. The van der Waals surface area contributed by atoms with Crippen LogP contribution in [-0.4, -0.2) is 23.2 Å². The molecule has 0 saturated carbocycles. The zero-order chi connectivity index (χ0) is 13.8. The molecule has 0 fully saturated rings. The highest BCUT2D eigenvalue weighted by Gasteiger charge is 2.17. The predicted octanol–water partition coefficient (Wildman–Crippen LogP) is 2.76. The quantitative estimate of drug-likeness (QED) is 0.834. The smallest absolute Gasteiger partial charge is 0.261 e. The van der Waals surface area contributed by atoms with Gasteiger partial charge in [-0.2, -0.15) is 0 Å². The molecule has 0 atom stereocenters. The molecule has 0 aromatic carbocycles. The van der Waals surface area contributed by atoms with Gasteiger partial charge >= 0.3 is 0 Å². The third-order valence-electron chi connectivity index (χ3n) is 2.66. The van der Waals surface area contributed by atoms with E-state index in [4.69, 9.17) is 0 Å². The molecule has 1 heterocycles. The van der Waals surface area contributed by atoms with Crippen LogP contribution >= 0.6 is 11.3 Å². The van der Waals surface area contributed by atoms with Crippen LogP contribution in [0, 0.1) is 0 Å². The predicted molar refractivity (Wildman–Crippen MR) is 76.3 cm³/mol. The van der Waals surface area contributed by atoms with Crippen LogP contribution in [0.5, 0.6) is 0 Å². The number of aryl methyl sites for hydroxylation is 2. The third kappa shape index (κ3) is 4.42. The van der Waals surface area contributed by atoms with E-state index in [9.17, 15) is 9.90 Å². The molecule has 0 saturated heterocycles. The Morgan fingerprint density at radius 1 is 1.44 bits per heavy atom. The fraction of sp³-hybridized carbons (Fsp3) is 0.643. The summed E-state index contributed by atoms with van der Waals surface area (Å²) in [6, 6.07) is 1.98. The first-order chi connectivity index (χ1) is 8.37. The van der Waals surface area contributed by atoms with Crippen LogP contribution in [0.25, 0.3) is 0 Å². The maximum absolute atomic E-state index is 12.0. The number of carbonyl (C=O) groups excluding carboxylic acids is 1. The summed E-state index contributed by atoms with van der Waals surface area (Å²) in [4.78, 5) is 14.0. The van der Waals surface area contributed by atoms with Crippen molar-refractivity contribution in [3.05, 3.63) is 21.4 Å². The van der Waals surface area contributed by atoms with Crippen LogP contribution in [0.1, 0.15) is 54.2 Å². The first-order valence-corrected chi connectivity index (χ1v) is 7.31. The fourth-order valence-corrected chi connectivity index (χ4v) is 2.97. The van der Waals surface area contributed by atoms with Crippen molar-refractivity contribution in [1.29, 1.82) is 0 Å². The number of hydrogen-bond acceptors (Lipinski definition) is 3. The molecular weight excluding hydrogens is 246 g/mol. The highest BCUT2D eigenvalue weighted by Crippen LogP contribution is 2.24. The molecule has 1 aromatic heterocycles. The number of amides is 1. The average Bonchev–Trinajstić information content (AvgIpc) is 2.69. The van der Waals surface area contributed by atoms with E-state index in [-0.39, 0.29) is 12.5 Å². The molecule has 0 unspecified atom stereocenters. The van der Waals surface area contributed by atoms with E-state index in [1.165, 1.54) is 10.4 Å². The van der Waals surface area contributed by atoms with Gasteiger partial charge in [-0.1, -0.05) is 20.3 Å². The molecule has 2 N–H and O–H groups in total. The van der Waals surface area contributed by atoms with E-state index < -0.39 is 5.60 Å². The molecular formula is C14H23NO2S. The Bertz CT molecular complexity index is 404. The van der Waals surface area contributed by atoms with Crippen LogP contribution in [0.4, 0.5) is 0 Å². The zero-order valence-electron chi connectivity index (χ0n) is 11.7. The van der Waals surface area contributed by atoms with E-state index in [2.05, 4.69) is 19.2 Å². The zero-order valence-corrected chi connectivity index (χ0v) is 12.5. The Labute approximate surface area is 113 Å². The lowest BCUT2D eigenvalue weighted by Gasteiger charge is -2.17. The topological polar surface area (TPSA) is 49.3 Å². The second kappa shape index (κ2) is 6.34. The van der Waals surface area contributed by atoms with Gasteiger partial charge in [0, 0.05) is 11.4 Å². The minimum atomic E-state index is -0.868. The summed E-state index contributed by atoms with van der Waals surface area (Å²) in [6.07, 6.45) is 3.09. The van der Waals surface area contributed by atoms with Gasteiger partial charge in [0.05, 0.1) is 10.5 Å². The third-order valence-corrected chi connectivity index (χ3v) is 3.90. The van der Waals surface area contributed by atoms with Gasteiger partial charge in [-0.05, 0) is 38.3 Å². The molecule has 0 aliphatic rings. The van der Waals surface area contributed by atoms with Crippen LogP contribution in [0.3, 0.4) is 0 Å². The summed E-state index contributed by atoms with van der Waals surface area (Å²) in [6.45, 7) is 7.89. The monoisotopic (exact) mass is 269 g/mol. The molecule has 0 aliphatic heterocycles. The first kappa shape index (κ1) is 15.2. The molecule has 0 radical (unpaired) electrons. The number of nitrogens with one attached hydrogen (secondary N) is 1. The molecule has 1 aromatic rings. The molecule has 1 amide bonds. The van der Waals surface area contributed by atoms with Crippen LogP contribution < -0.4 is 5.32 Å². The van der Waals surface area contributed by atoms with Gasteiger partial charge in [0.25, 0.3) is 5.91 Å². The van der Waals surface area contributed by atoms with E-state index in [0.29, 0.717) is 0 Å². The van der Waals surface area contributed by atoms with Crippen molar-refractivity contribution in [1.82, 2.24) is 5.32 Å². The summed E-state index contributed by atoms with van der Waals surface area (Å²) in [5, 5.41) is 12.4. The van der Waals surface area contributed by atoms with Gasteiger partial charge in [0.2, 0.25) is 0 Å². The van der Waals surface area contributed by atoms with E-state index in [1.54, 1.807) is 25.2 Å². The largest absolute Gasteiger partial charge is 0.389 e. The molecule has 0 aliphatic carbocycles. The summed E-state index contributed by atoms with van der Waals surface area (Å²) in [5.74, 6) is -0.0841. The van der Waals surface area contributed by atoms with Gasteiger partial charge in [0.1, 0.15) is 0 Å². The second-order valence-electron chi connectivity index (χ2n) is 5.16. The number of carbonyl (C=O) groups is 1. The van der Waals surface area contributed by atoms with Crippen LogP contribution in [0.15, 0.2) is 6.07 Å². The number of aliphatic hydroxyl groups is 1. The van der Waals surface area contributed by atoms with Gasteiger partial charge in [-0.3, -0.25) is 4.79 Å². The standard InChI is InChI=1S/C14H23NO2S/c1-5-7-11-10(6-2)8-12(18-11)13(16)15-9-14(3,4)17/h8,17H,5-7,9H2,1-4H3,(H,15,16). The lowest BCUT2D eigenvalue weighted by Crippen LogP contribution is -2.37. The normalized spacial score (nSPS) is 11.6. The minimum absolute atomic E-state index is 0.0841. The van der Waals surface area contributed by atoms with Gasteiger partial charge in [-0.25, -0.2) is 0 Å². The van der Waals surface area contributed by atoms with E-state index in [0.717, 1.165) is 24.1 Å². The summed E-state index contributed by atoms with van der Waals surface area (Å²) in [7, 11) is 0. The Hall–Kier alpha value is -0.870. The molecule has 4 heteroatoms. The maximum atomic E-state index is 12.0. The van der Waals surface area contributed by atoms with Crippen molar-refractivity contribution in [3.8, 4) is 0 Å². The van der Waals surface area contributed by atoms with Crippen LogP contribution in [-0.2, 0) is 12.8 Å². The molecule has 0 bridgehead atoms. The number of thiophene rings is 1. The fourth-order valence-electron chi connectivity index (χ4n) is 1.70. The summed E-state index contributed by atoms with van der Waals surface area (Å²) < 4.78 is 0. The lowest BCUT2D eigenvalue weighted by atomic mass is 10.1. The van der Waals surface area contributed by atoms with Crippen molar-refractivity contribution >= 4 is 17.2 Å². The second-order valence-corrected chi connectivity index (χ2v) is 6.29. The Balaban J connectivity index is 2.74. The number of hydrogen-bond donors (Lipinski definition) is 2.